The normalized spacial score (nSPS) is 12.6. The molecule has 0 saturated carbocycles. The van der Waals surface area contributed by atoms with Gasteiger partial charge in [0.25, 0.3) is 5.91 Å². The van der Waals surface area contributed by atoms with E-state index in [0.29, 0.717) is 17.9 Å². The number of aromatic nitrogens is 2. The summed E-state index contributed by atoms with van der Waals surface area (Å²) in [6.45, 7) is 12.2. The topological polar surface area (TPSA) is 76.2 Å². The van der Waals surface area contributed by atoms with Crippen LogP contribution in [0.1, 0.15) is 51.0 Å². The molecule has 0 aromatic carbocycles. The number of aryl methyl sites for hydroxylation is 1. The monoisotopic (exact) mass is 295 g/mol. The number of nitrogens with one attached hydrogen (secondary N) is 1. The Morgan fingerprint density at radius 2 is 2.10 bits per heavy atom. The van der Waals surface area contributed by atoms with Crippen molar-refractivity contribution in [3.05, 3.63) is 11.9 Å². The Labute approximate surface area is 127 Å². The minimum Gasteiger partial charge on any atom is -0.396 e. The van der Waals surface area contributed by atoms with E-state index in [1.807, 2.05) is 13.8 Å². The average molecular weight is 295 g/mol. The molecule has 1 atom stereocenters. The second kappa shape index (κ2) is 8.67. The maximum atomic E-state index is 12.1. The second-order valence-corrected chi connectivity index (χ2v) is 5.33. The van der Waals surface area contributed by atoms with Gasteiger partial charge in [0.2, 0.25) is 0 Å². The van der Waals surface area contributed by atoms with E-state index in [4.69, 9.17) is 5.73 Å². The molecule has 0 aliphatic carbocycles. The lowest BCUT2D eigenvalue weighted by Crippen LogP contribution is -2.34. The summed E-state index contributed by atoms with van der Waals surface area (Å²) < 4.78 is 1.68. The number of rotatable bonds is 9. The van der Waals surface area contributed by atoms with Crippen LogP contribution in [0.3, 0.4) is 0 Å². The van der Waals surface area contributed by atoms with Crippen LogP contribution in [0.4, 0.5) is 5.69 Å². The molecule has 0 radical (unpaired) electrons. The fraction of sp³-hybridized carbons (Fsp3) is 0.733. The number of nitrogen functional groups attached to an aromatic ring is 1. The van der Waals surface area contributed by atoms with Crippen molar-refractivity contribution in [1.82, 2.24) is 20.0 Å². The molecule has 0 aliphatic rings. The zero-order valence-corrected chi connectivity index (χ0v) is 13.7. The van der Waals surface area contributed by atoms with Crippen LogP contribution in [0.2, 0.25) is 0 Å². The number of nitrogens with two attached hydrogens (primary N) is 1. The molecule has 1 aromatic heterocycles. The summed E-state index contributed by atoms with van der Waals surface area (Å²) in [6, 6.07) is 0.124. The summed E-state index contributed by atoms with van der Waals surface area (Å²) in [5.41, 5.74) is 6.58. The molecule has 1 unspecified atom stereocenters. The zero-order chi connectivity index (χ0) is 15.8. The molecule has 3 N–H and O–H groups in total. The van der Waals surface area contributed by atoms with Gasteiger partial charge in [0.15, 0.2) is 5.69 Å². The highest BCUT2D eigenvalue weighted by Gasteiger charge is 2.16. The highest BCUT2D eigenvalue weighted by molar-refractivity contribution is 5.97. The zero-order valence-electron chi connectivity index (χ0n) is 13.7. The number of anilines is 1. The third-order valence-electron chi connectivity index (χ3n) is 3.71. The minimum atomic E-state index is -0.185. The Hall–Kier alpha value is -1.56. The Morgan fingerprint density at radius 1 is 1.43 bits per heavy atom. The highest BCUT2D eigenvalue weighted by Crippen LogP contribution is 2.09. The van der Waals surface area contributed by atoms with Crippen LogP contribution in [-0.4, -0.2) is 46.3 Å². The van der Waals surface area contributed by atoms with Crippen molar-refractivity contribution in [3.63, 3.8) is 0 Å². The van der Waals surface area contributed by atoms with Crippen LogP contribution in [0.15, 0.2) is 6.20 Å². The lowest BCUT2D eigenvalue weighted by Gasteiger charge is -2.19. The minimum absolute atomic E-state index is 0.124. The third-order valence-corrected chi connectivity index (χ3v) is 3.71. The molecule has 1 amide bonds. The molecule has 0 spiro atoms. The molecule has 0 fully saturated rings. The van der Waals surface area contributed by atoms with E-state index in [1.165, 1.54) is 0 Å². The number of carbonyl (C=O) groups excluding carboxylic acids is 1. The van der Waals surface area contributed by atoms with Crippen LogP contribution >= 0.6 is 0 Å². The molecule has 1 rings (SSSR count). The van der Waals surface area contributed by atoms with Crippen molar-refractivity contribution in [2.75, 3.05) is 25.4 Å². The van der Waals surface area contributed by atoms with Gasteiger partial charge in [-0.1, -0.05) is 13.8 Å². The summed E-state index contributed by atoms with van der Waals surface area (Å²) in [7, 11) is 0. The molecule has 6 nitrogen and oxygen atoms in total. The van der Waals surface area contributed by atoms with Crippen molar-refractivity contribution in [2.45, 2.75) is 53.1 Å². The van der Waals surface area contributed by atoms with Gasteiger partial charge in [-0.05, 0) is 46.3 Å². The first-order valence-corrected chi connectivity index (χ1v) is 7.87. The third kappa shape index (κ3) is 5.38. The van der Waals surface area contributed by atoms with E-state index < -0.39 is 0 Å². The fourth-order valence-electron chi connectivity index (χ4n) is 2.30. The first-order chi connectivity index (χ1) is 10.0. The van der Waals surface area contributed by atoms with E-state index in [1.54, 1.807) is 10.9 Å². The van der Waals surface area contributed by atoms with Gasteiger partial charge < -0.3 is 16.0 Å². The van der Waals surface area contributed by atoms with Crippen LogP contribution in [0.5, 0.6) is 0 Å². The van der Waals surface area contributed by atoms with E-state index in [0.717, 1.165) is 32.5 Å². The van der Waals surface area contributed by atoms with Crippen LogP contribution in [-0.2, 0) is 6.54 Å². The van der Waals surface area contributed by atoms with Crippen LogP contribution in [0, 0.1) is 0 Å². The molecule has 0 bridgehead atoms. The number of nitrogens with zero attached hydrogens (tertiary/aromatic N) is 3. The standard InChI is InChI=1S/C15H29N5O/c1-5-19(6-2)10-8-9-12(4)17-15(21)14-13(16)11-20(7-3)18-14/h11-12H,5-10,16H2,1-4H3,(H,17,21). The molecule has 1 heterocycles. The summed E-state index contributed by atoms with van der Waals surface area (Å²) >= 11 is 0. The van der Waals surface area contributed by atoms with Gasteiger partial charge in [-0.15, -0.1) is 0 Å². The van der Waals surface area contributed by atoms with Gasteiger partial charge in [-0.25, -0.2) is 0 Å². The Morgan fingerprint density at radius 3 is 2.62 bits per heavy atom. The molecule has 1 aromatic rings. The van der Waals surface area contributed by atoms with Crippen molar-refractivity contribution >= 4 is 11.6 Å². The van der Waals surface area contributed by atoms with Crippen molar-refractivity contribution in [2.24, 2.45) is 0 Å². The number of amides is 1. The molecule has 0 saturated heterocycles. The summed E-state index contributed by atoms with van der Waals surface area (Å²) in [4.78, 5) is 14.5. The summed E-state index contributed by atoms with van der Waals surface area (Å²) in [5.74, 6) is -0.185. The maximum Gasteiger partial charge on any atom is 0.274 e. The van der Waals surface area contributed by atoms with Gasteiger partial charge >= 0.3 is 0 Å². The average Bonchev–Trinajstić information content (AvgIpc) is 2.85. The van der Waals surface area contributed by atoms with Crippen molar-refractivity contribution < 1.29 is 4.79 Å². The summed E-state index contributed by atoms with van der Waals surface area (Å²) in [6.07, 6.45) is 3.72. The lowest BCUT2D eigenvalue weighted by molar-refractivity contribution is 0.0932. The Balaban J connectivity index is 2.41. The maximum absolute atomic E-state index is 12.1. The SMILES string of the molecule is CCN(CC)CCCC(C)NC(=O)c1nn(CC)cc1N. The largest absolute Gasteiger partial charge is 0.396 e. The predicted octanol–water partition coefficient (Wildman–Crippen LogP) is 1.73. The lowest BCUT2D eigenvalue weighted by atomic mass is 10.1. The number of hydrogen-bond donors (Lipinski definition) is 2. The molecule has 21 heavy (non-hydrogen) atoms. The summed E-state index contributed by atoms with van der Waals surface area (Å²) in [5, 5.41) is 7.16. The van der Waals surface area contributed by atoms with E-state index >= 15 is 0 Å². The van der Waals surface area contributed by atoms with Crippen LogP contribution < -0.4 is 11.1 Å². The van der Waals surface area contributed by atoms with Crippen molar-refractivity contribution in [3.8, 4) is 0 Å². The van der Waals surface area contributed by atoms with E-state index in [2.05, 4.69) is 29.2 Å². The van der Waals surface area contributed by atoms with E-state index in [9.17, 15) is 4.79 Å². The van der Waals surface area contributed by atoms with Gasteiger partial charge in [-0.3, -0.25) is 9.48 Å². The van der Waals surface area contributed by atoms with Gasteiger partial charge in [0.1, 0.15) is 0 Å². The Bertz CT molecular complexity index is 439. The second-order valence-electron chi connectivity index (χ2n) is 5.33. The molecule has 120 valence electrons. The smallest absolute Gasteiger partial charge is 0.274 e. The first kappa shape index (κ1) is 17.5. The highest BCUT2D eigenvalue weighted by atomic mass is 16.2. The number of carbonyl (C=O) groups is 1. The quantitative estimate of drug-likeness (QED) is 0.727. The Kier molecular flexibility index (Phi) is 7.22. The van der Waals surface area contributed by atoms with Crippen LogP contribution in [0.25, 0.3) is 0 Å². The molecule has 0 aliphatic heterocycles. The first-order valence-electron chi connectivity index (χ1n) is 7.87. The van der Waals surface area contributed by atoms with Gasteiger partial charge in [-0.2, -0.15) is 5.10 Å². The molecular formula is C15H29N5O. The molecule has 6 heteroatoms. The van der Waals surface area contributed by atoms with Crippen molar-refractivity contribution in [1.29, 1.82) is 0 Å². The predicted molar refractivity (Wildman–Crippen MR) is 86.3 cm³/mol. The van der Waals surface area contributed by atoms with Gasteiger partial charge in [0, 0.05) is 18.8 Å². The fourth-order valence-corrected chi connectivity index (χ4v) is 2.30. The van der Waals surface area contributed by atoms with E-state index in [-0.39, 0.29) is 11.9 Å². The van der Waals surface area contributed by atoms with Gasteiger partial charge in [0.05, 0.1) is 5.69 Å². The molecular weight excluding hydrogens is 266 g/mol. The number of hydrogen-bond acceptors (Lipinski definition) is 4.